The van der Waals surface area contributed by atoms with Crippen molar-refractivity contribution in [3.05, 3.63) is 0 Å². The average molecular weight is 238 g/mol. The molecular weight excluding hydrogens is 208 g/mol. The molecule has 1 heterocycles. The molecule has 17 heavy (non-hydrogen) atoms. The summed E-state index contributed by atoms with van der Waals surface area (Å²) in [6.45, 7) is 13.3. The van der Waals surface area contributed by atoms with E-state index in [0.29, 0.717) is 6.04 Å². The molecule has 2 aliphatic rings. The average Bonchev–Trinajstić information content (AvgIpc) is 2.28. The lowest BCUT2D eigenvalue weighted by Gasteiger charge is -2.44. The van der Waals surface area contributed by atoms with Crippen molar-refractivity contribution in [2.75, 3.05) is 19.6 Å². The van der Waals surface area contributed by atoms with Gasteiger partial charge in [-0.1, -0.05) is 27.7 Å². The van der Waals surface area contributed by atoms with Crippen molar-refractivity contribution < 1.29 is 0 Å². The van der Waals surface area contributed by atoms with E-state index in [9.17, 15) is 0 Å². The molecule has 3 unspecified atom stereocenters. The Morgan fingerprint density at radius 2 is 1.71 bits per heavy atom. The summed E-state index contributed by atoms with van der Waals surface area (Å²) in [4.78, 5) is 2.77. The predicted octanol–water partition coefficient (Wildman–Crippen LogP) is 2.74. The molecule has 0 aromatic carbocycles. The van der Waals surface area contributed by atoms with Gasteiger partial charge in [-0.2, -0.15) is 0 Å². The first kappa shape index (κ1) is 13.4. The van der Waals surface area contributed by atoms with E-state index in [2.05, 4.69) is 37.9 Å². The molecule has 0 aromatic heterocycles. The summed E-state index contributed by atoms with van der Waals surface area (Å²) in [5, 5.41) is 3.67. The highest BCUT2D eigenvalue weighted by atomic mass is 15.2. The molecule has 2 heteroatoms. The van der Waals surface area contributed by atoms with Gasteiger partial charge < -0.3 is 5.32 Å². The molecule has 2 rings (SSSR count). The SMILES string of the molecule is CC1CC(C)CC(N2CCNC(C(C)C)C2)C1. The molecule has 0 aromatic rings. The molecule has 1 aliphatic heterocycles. The minimum atomic E-state index is 0.705. The summed E-state index contributed by atoms with van der Waals surface area (Å²) in [5.41, 5.74) is 0. The van der Waals surface area contributed by atoms with Gasteiger partial charge in [0.1, 0.15) is 0 Å². The molecule has 0 bridgehead atoms. The van der Waals surface area contributed by atoms with Crippen LogP contribution in [0.4, 0.5) is 0 Å². The summed E-state index contributed by atoms with van der Waals surface area (Å²) in [6.07, 6.45) is 4.29. The molecule has 100 valence electrons. The lowest BCUT2D eigenvalue weighted by atomic mass is 9.79. The fourth-order valence-electron chi connectivity index (χ4n) is 3.78. The normalized spacial score (nSPS) is 40.8. The third-order valence-electron chi connectivity index (χ3n) is 4.71. The van der Waals surface area contributed by atoms with E-state index >= 15 is 0 Å². The van der Waals surface area contributed by atoms with Crippen molar-refractivity contribution in [3.8, 4) is 0 Å². The van der Waals surface area contributed by atoms with Crippen molar-refractivity contribution in [2.24, 2.45) is 17.8 Å². The van der Waals surface area contributed by atoms with Gasteiger partial charge in [-0.15, -0.1) is 0 Å². The second-order valence-electron chi connectivity index (χ2n) is 6.87. The number of piperazine rings is 1. The number of hydrogen-bond donors (Lipinski definition) is 1. The van der Waals surface area contributed by atoms with E-state index in [0.717, 1.165) is 23.8 Å². The van der Waals surface area contributed by atoms with Gasteiger partial charge in [0.05, 0.1) is 0 Å². The van der Waals surface area contributed by atoms with Gasteiger partial charge in [-0.3, -0.25) is 4.90 Å². The van der Waals surface area contributed by atoms with Gasteiger partial charge in [0.15, 0.2) is 0 Å². The Morgan fingerprint density at radius 3 is 2.29 bits per heavy atom. The van der Waals surface area contributed by atoms with E-state index in [1.54, 1.807) is 0 Å². The standard InChI is InChI=1S/C15H30N2/c1-11(2)15-10-17(6-5-16-15)14-8-12(3)7-13(4)9-14/h11-16H,5-10H2,1-4H3. The van der Waals surface area contributed by atoms with Crippen LogP contribution in [0.5, 0.6) is 0 Å². The number of rotatable bonds is 2. The zero-order chi connectivity index (χ0) is 12.4. The summed E-state index contributed by atoms with van der Waals surface area (Å²) in [6, 6.07) is 1.56. The van der Waals surface area contributed by atoms with Gasteiger partial charge >= 0.3 is 0 Å². The van der Waals surface area contributed by atoms with Gasteiger partial charge in [-0.25, -0.2) is 0 Å². The van der Waals surface area contributed by atoms with Crippen LogP contribution < -0.4 is 5.32 Å². The van der Waals surface area contributed by atoms with E-state index in [-0.39, 0.29) is 0 Å². The topological polar surface area (TPSA) is 15.3 Å². The number of nitrogens with zero attached hydrogens (tertiary/aromatic N) is 1. The van der Waals surface area contributed by atoms with Gasteiger partial charge in [0, 0.05) is 31.7 Å². The van der Waals surface area contributed by atoms with Crippen LogP contribution in [0.1, 0.15) is 47.0 Å². The molecular formula is C15H30N2. The monoisotopic (exact) mass is 238 g/mol. The lowest BCUT2D eigenvalue weighted by Crippen LogP contribution is -2.56. The van der Waals surface area contributed by atoms with Crippen LogP contribution in [0.15, 0.2) is 0 Å². The van der Waals surface area contributed by atoms with Gasteiger partial charge in [-0.05, 0) is 37.0 Å². The van der Waals surface area contributed by atoms with Crippen LogP contribution in [0.2, 0.25) is 0 Å². The van der Waals surface area contributed by atoms with E-state index in [1.165, 1.54) is 38.9 Å². The molecule has 2 nitrogen and oxygen atoms in total. The zero-order valence-corrected chi connectivity index (χ0v) is 12.1. The quantitative estimate of drug-likeness (QED) is 0.796. The van der Waals surface area contributed by atoms with Gasteiger partial charge in [0.25, 0.3) is 0 Å². The third-order valence-corrected chi connectivity index (χ3v) is 4.71. The Labute approximate surface area is 107 Å². The van der Waals surface area contributed by atoms with Crippen molar-refractivity contribution in [1.82, 2.24) is 10.2 Å². The number of hydrogen-bond acceptors (Lipinski definition) is 2. The van der Waals surface area contributed by atoms with E-state index in [1.807, 2.05) is 0 Å². The molecule has 0 amide bonds. The second-order valence-corrected chi connectivity index (χ2v) is 6.87. The van der Waals surface area contributed by atoms with E-state index < -0.39 is 0 Å². The molecule has 0 radical (unpaired) electrons. The van der Waals surface area contributed by atoms with Crippen LogP contribution in [-0.2, 0) is 0 Å². The molecule has 1 saturated carbocycles. The number of nitrogens with one attached hydrogen (secondary N) is 1. The van der Waals surface area contributed by atoms with Gasteiger partial charge in [0.2, 0.25) is 0 Å². The smallest absolute Gasteiger partial charge is 0.0218 e. The molecule has 1 saturated heterocycles. The van der Waals surface area contributed by atoms with Crippen LogP contribution in [0, 0.1) is 17.8 Å². The fraction of sp³-hybridized carbons (Fsp3) is 1.00. The van der Waals surface area contributed by atoms with Crippen molar-refractivity contribution in [2.45, 2.75) is 59.0 Å². The Morgan fingerprint density at radius 1 is 1.06 bits per heavy atom. The maximum atomic E-state index is 3.67. The Balaban J connectivity index is 1.92. The highest BCUT2D eigenvalue weighted by Gasteiger charge is 2.31. The Hall–Kier alpha value is -0.0800. The summed E-state index contributed by atoms with van der Waals surface area (Å²) in [5.74, 6) is 2.61. The van der Waals surface area contributed by atoms with Crippen molar-refractivity contribution in [1.29, 1.82) is 0 Å². The highest BCUT2D eigenvalue weighted by Crippen LogP contribution is 2.32. The maximum Gasteiger partial charge on any atom is 0.0218 e. The second kappa shape index (κ2) is 5.71. The van der Waals surface area contributed by atoms with E-state index in [4.69, 9.17) is 0 Å². The minimum Gasteiger partial charge on any atom is -0.311 e. The molecule has 1 N–H and O–H groups in total. The zero-order valence-electron chi connectivity index (χ0n) is 12.1. The first-order valence-electron chi connectivity index (χ1n) is 7.53. The summed E-state index contributed by atoms with van der Waals surface area (Å²) in [7, 11) is 0. The lowest BCUT2D eigenvalue weighted by molar-refractivity contribution is 0.0730. The minimum absolute atomic E-state index is 0.705. The maximum absolute atomic E-state index is 3.67. The molecule has 3 atom stereocenters. The van der Waals surface area contributed by atoms with Crippen molar-refractivity contribution in [3.63, 3.8) is 0 Å². The molecule has 2 fully saturated rings. The van der Waals surface area contributed by atoms with Crippen LogP contribution in [0.25, 0.3) is 0 Å². The molecule has 0 spiro atoms. The summed E-state index contributed by atoms with van der Waals surface area (Å²) >= 11 is 0. The third kappa shape index (κ3) is 3.45. The Bertz CT molecular complexity index is 229. The van der Waals surface area contributed by atoms with Crippen LogP contribution in [-0.4, -0.2) is 36.6 Å². The van der Waals surface area contributed by atoms with Crippen LogP contribution >= 0.6 is 0 Å². The first-order chi connectivity index (χ1) is 8.06. The predicted molar refractivity (Wildman–Crippen MR) is 74.2 cm³/mol. The highest BCUT2D eigenvalue weighted by molar-refractivity contribution is 4.88. The first-order valence-corrected chi connectivity index (χ1v) is 7.53. The van der Waals surface area contributed by atoms with Crippen LogP contribution in [0.3, 0.4) is 0 Å². The fourth-order valence-corrected chi connectivity index (χ4v) is 3.78. The Kier molecular flexibility index (Phi) is 4.48. The largest absolute Gasteiger partial charge is 0.311 e. The van der Waals surface area contributed by atoms with Crippen molar-refractivity contribution >= 4 is 0 Å². The molecule has 1 aliphatic carbocycles. The summed E-state index contributed by atoms with van der Waals surface area (Å²) < 4.78 is 0.